The van der Waals surface area contributed by atoms with Gasteiger partial charge in [0.25, 0.3) is 0 Å². The van der Waals surface area contributed by atoms with E-state index in [1.165, 1.54) is 14.2 Å². The Labute approximate surface area is 198 Å². The molecule has 0 saturated carbocycles. The van der Waals surface area contributed by atoms with Gasteiger partial charge in [-0.15, -0.1) is 0 Å². The van der Waals surface area contributed by atoms with Crippen LogP contribution in [0.5, 0.6) is 0 Å². The lowest BCUT2D eigenvalue weighted by atomic mass is 9.81. The number of ketones is 1. The van der Waals surface area contributed by atoms with Crippen LogP contribution in [0.3, 0.4) is 0 Å². The lowest BCUT2D eigenvalue weighted by Crippen LogP contribution is -2.42. The van der Waals surface area contributed by atoms with E-state index >= 15 is 0 Å². The van der Waals surface area contributed by atoms with Gasteiger partial charge in [-0.3, -0.25) is 14.4 Å². The summed E-state index contributed by atoms with van der Waals surface area (Å²) in [5.74, 6) is -1.16. The number of fused-ring (bicyclic) bond motifs is 3. The highest BCUT2D eigenvalue weighted by atomic mass is 16.5. The minimum atomic E-state index is -1.47. The highest BCUT2D eigenvalue weighted by Crippen LogP contribution is 2.49. The molecule has 0 spiro atoms. The lowest BCUT2D eigenvalue weighted by Gasteiger charge is -2.23. The molecule has 3 aromatic carbocycles. The van der Waals surface area contributed by atoms with Gasteiger partial charge in [0.1, 0.15) is 0 Å². The first kappa shape index (κ1) is 22.1. The van der Waals surface area contributed by atoms with Crippen molar-refractivity contribution in [3.05, 3.63) is 76.4 Å². The van der Waals surface area contributed by atoms with Gasteiger partial charge in [-0.25, -0.2) is 0 Å². The molecule has 0 amide bonds. The molecular weight excluding hydrogens is 428 g/mol. The maximum atomic E-state index is 13.5. The first-order valence-electron chi connectivity index (χ1n) is 11.5. The van der Waals surface area contributed by atoms with Crippen LogP contribution in [-0.2, 0) is 31.9 Å². The lowest BCUT2D eigenvalue weighted by molar-refractivity contribution is -0.168. The van der Waals surface area contributed by atoms with E-state index < -0.39 is 17.4 Å². The molecule has 0 saturated heterocycles. The number of hydrogen-bond donors (Lipinski definition) is 0. The zero-order valence-electron chi connectivity index (χ0n) is 19.6. The number of Topliss-reactive ketones (excluding diaryl/α,β-unsaturated/α-hetero) is 1. The predicted octanol–water partition coefficient (Wildman–Crippen LogP) is 5.24. The van der Waals surface area contributed by atoms with Gasteiger partial charge in [0.15, 0.2) is 11.2 Å². The van der Waals surface area contributed by atoms with Crippen LogP contribution in [0.2, 0.25) is 0 Å². The number of benzene rings is 3. The summed E-state index contributed by atoms with van der Waals surface area (Å²) in [7, 11) is 2.58. The van der Waals surface area contributed by atoms with E-state index in [2.05, 4.69) is 0 Å². The smallest absolute Gasteiger partial charge is 0.323 e. The van der Waals surface area contributed by atoms with E-state index in [1.54, 1.807) is 0 Å². The molecule has 0 radical (unpaired) electrons. The van der Waals surface area contributed by atoms with Crippen LogP contribution in [0, 0.1) is 12.3 Å². The highest BCUT2D eigenvalue weighted by Gasteiger charge is 2.54. The number of allylic oxidation sites excluding steroid dienone is 1. The summed E-state index contributed by atoms with van der Waals surface area (Å²) in [5.41, 5.74) is 4.52. The molecule has 5 nitrogen and oxygen atoms in total. The molecule has 0 aliphatic heterocycles. The van der Waals surface area contributed by atoms with E-state index in [0.717, 1.165) is 44.2 Å². The Morgan fingerprint density at radius 1 is 0.882 bits per heavy atom. The van der Waals surface area contributed by atoms with Crippen molar-refractivity contribution in [2.24, 2.45) is 5.41 Å². The molecule has 3 aromatic rings. The second-order valence-corrected chi connectivity index (χ2v) is 9.06. The fourth-order valence-electron chi connectivity index (χ4n) is 5.66. The maximum Gasteiger partial charge on any atom is 0.323 e. The molecule has 172 valence electrons. The monoisotopic (exact) mass is 454 g/mol. The first-order valence-corrected chi connectivity index (χ1v) is 11.5. The largest absolute Gasteiger partial charge is 0.468 e. The summed E-state index contributed by atoms with van der Waals surface area (Å²) in [6, 6.07) is 14.1. The van der Waals surface area contributed by atoms with Crippen molar-refractivity contribution in [3.63, 3.8) is 0 Å². The summed E-state index contributed by atoms with van der Waals surface area (Å²) in [6.45, 7) is 1.97. The van der Waals surface area contributed by atoms with Crippen LogP contribution < -0.4 is 0 Å². The predicted molar refractivity (Wildman–Crippen MR) is 131 cm³/mol. The third kappa shape index (κ3) is 3.11. The SMILES string of the molecule is COC(=O)C1(C(=O)OC)Cc2c(C)c3c(c(-c4cccc5ccccc45)c2C1)C(=O)CCC=C3. The van der Waals surface area contributed by atoms with Crippen LogP contribution in [0.1, 0.15) is 45.5 Å². The fourth-order valence-corrected chi connectivity index (χ4v) is 5.66. The number of carbonyl (C=O) groups excluding carboxylic acids is 3. The Kier molecular flexibility index (Phi) is 5.35. The van der Waals surface area contributed by atoms with Crippen molar-refractivity contribution in [1.29, 1.82) is 0 Å². The average molecular weight is 455 g/mol. The van der Waals surface area contributed by atoms with Gasteiger partial charge in [-0.05, 0) is 57.5 Å². The molecule has 0 N–H and O–H groups in total. The normalized spacial score (nSPS) is 16.0. The Morgan fingerprint density at radius 3 is 2.29 bits per heavy atom. The summed E-state index contributed by atoms with van der Waals surface area (Å²) in [4.78, 5) is 39.5. The van der Waals surface area contributed by atoms with E-state index in [4.69, 9.17) is 9.47 Å². The van der Waals surface area contributed by atoms with Crippen molar-refractivity contribution >= 4 is 34.6 Å². The minimum Gasteiger partial charge on any atom is -0.468 e. The van der Waals surface area contributed by atoms with E-state index in [1.807, 2.05) is 61.5 Å². The van der Waals surface area contributed by atoms with E-state index in [-0.39, 0.29) is 18.6 Å². The molecular formula is C29H26O5. The first-order chi connectivity index (χ1) is 16.4. The van der Waals surface area contributed by atoms with Crippen LogP contribution in [0.25, 0.3) is 28.0 Å². The molecule has 5 heteroatoms. The number of ether oxygens (including phenoxy) is 2. The van der Waals surface area contributed by atoms with Gasteiger partial charge in [0.05, 0.1) is 14.2 Å². The van der Waals surface area contributed by atoms with Gasteiger partial charge >= 0.3 is 11.9 Å². The molecule has 5 rings (SSSR count). The fraction of sp³-hybridized carbons (Fsp3) is 0.276. The molecule has 2 aliphatic carbocycles. The third-order valence-electron chi connectivity index (χ3n) is 7.31. The van der Waals surface area contributed by atoms with E-state index in [9.17, 15) is 14.4 Å². The number of esters is 2. The standard InChI is InChI=1S/C29H26O5/c1-17-19-11-6-7-14-24(30)26(19)25(21-13-8-10-18-9-4-5-12-20(18)21)23-16-29(15-22(17)23,27(31)33-2)28(32)34-3/h4-6,8-13H,7,14-16H2,1-3H3. The van der Waals surface area contributed by atoms with Gasteiger partial charge in [0, 0.05) is 24.8 Å². The average Bonchev–Trinajstić information content (AvgIpc) is 3.18. The van der Waals surface area contributed by atoms with Crippen LogP contribution >= 0.6 is 0 Å². The van der Waals surface area contributed by atoms with Crippen molar-refractivity contribution < 1.29 is 23.9 Å². The van der Waals surface area contributed by atoms with E-state index in [0.29, 0.717) is 18.4 Å². The maximum absolute atomic E-state index is 13.5. The molecule has 0 aromatic heterocycles. The summed E-state index contributed by atoms with van der Waals surface area (Å²) in [6.07, 6.45) is 5.45. The Morgan fingerprint density at radius 2 is 1.56 bits per heavy atom. The third-order valence-corrected chi connectivity index (χ3v) is 7.31. The molecule has 0 fully saturated rings. The number of rotatable bonds is 3. The Balaban J connectivity index is 1.90. The zero-order valence-corrected chi connectivity index (χ0v) is 19.6. The molecule has 0 atom stereocenters. The molecule has 0 heterocycles. The minimum absolute atomic E-state index is 0.0717. The summed E-state index contributed by atoms with van der Waals surface area (Å²) in [5, 5.41) is 2.08. The second kappa shape index (κ2) is 8.24. The van der Waals surface area contributed by atoms with Crippen LogP contribution in [-0.4, -0.2) is 31.9 Å². The Hall–Kier alpha value is -3.73. The quantitative estimate of drug-likeness (QED) is 0.400. The van der Waals surface area contributed by atoms with Gasteiger partial charge < -0.3 is 9.47 Å². The van der Waals surface area contributed by atoms with Gasteiger partial charge in [-0.1, -0.05) is 54.6 Å². The summed E-state index contributed by atoms with van der Waals surface area (Å²) >= 11 is 0. The molecule has 2 aliphatic rings. The molecule has 0 unspecified atom stereocenters. The van der Waals surface area contributed by atoms with Crippen molar-refractivity contribution in [1.82, 2.24) is 0 Å². The molecule has 34 heavy (non-hydrogen) atoms. The van der Waals surface area contributed by atoms with Crippen LogP contribution in [0.15, 0.2) is 48.5 Å². The second-order valence-electron chi connectivity index (χ2n) is 9.06. The van der Waals surface area contributed by atoms with Gasteiger partial charge in [0.2, 0.25) is 0 Å². The number of hydrogen-bond acceptors (Lipinski definition) is 5. The highest BCUT2D eigenvalue weighted by molar-refractivity contribution is 6.12. The van der Waals surface area contributed by atoms with Crippen molar-refractivity contribution in [2.75, 3.05) is 14.2 Å². The zero-order chi connectivity index (χ0) is 24.0. The topological polar surface area (TPSA) is 69.7 Å². The van der Waals surface area contributed by atoms with Crippen LogP contribution in [0.4, 0.5) is 0 Å². The summed E-state index contributed by atoms with van der Waals surface area (Å²) < 4.78 is 10.2. The number of methoxy groups -OCH3 is 2. The number of carbonyl (C=O) groups is 3. The van der Waals surface area contributed by atoms with Crippen molar-refractivity contribution in [2.45, 2.75) is 32.6 Å². The van der Waals surface area contributed by atoms with Gasteiger partial charge in [-0.2, -0.15) is 0 Å². The Bertz CT molecular complexity index is 1370. The van der Waals surface area contributed by atoms with Crippen molar-refractivity contribution in [3.8, 4) is 11.1 Å². The molecule has 0 bridgehead atoms.